The molecule has 4 rings (SSSR count). The number of hydrogen-bond acceptors (Lipinski definition) is 4. The van der Waals surface area contributed by atoms with Crippen molar-refractivity contribution in [3.05, 3.63) is 42.2 Å². The summed E-state index contributed by atoms with van der Waals surface area (Å²) in [4.78, 5) is 9.27. The minimum Gasteiger partial charge on any atom is -0.262 e. The second-order valence-corrected chi connectivity index (χ2v) is 7.54. The van der Waals surface area contributed by atoms with Crippen molar-refractivity contribution >= 4 is 11.3 Å². The Morgan fingerprint density at radius 2 is 2.19 bits per heavy atom. The number of aliphatic imine (C=N–C) groups is 1. The summed E-state index contributed by atoms with van der Waals surface area (Å²) in [7, 11) is 0. The van der Waals surface area contributed by atoms with Gasteiger partial charge in [0.1, 0.15) is 5.82 Å². The summed E-state index contributed by atoms with van der Waals surface area (Å²) in [5, 5.41) is 16.5. The highest BCUT2D eigenvalue weighted by molar-refractivity contribution is 6.01. The van der Waals surface area contributed by atoms with Crippen LogP contribution in [0, 0.1) is 23.2 Å². The second kappa shape index (κ2) is 7.82. The van der Waals surface area contributed by atoms with E-state index in [-0.39, 0.29) is 0 Å². The van der Waals surface area contributed by atoms with Gasteiger partial charge in [0.15, 0.2) is 5.82 Å². The maximum atomic E-state index is 8.82. The standard InChI is InChI=1S/C21H25N5/c22-12-3-5-15-4-1-8-18(14-15)21-24-20(25-26-21)17-7-2-6-16-11-13-23-19(16)10-9-17/h7,9-11,13,15-16,18H,1-6,8,14H2,(H,24,25,26). The van der Waals surface area contributed by atoms with Crippen LogP contribution in [0.2, 0.25) is 0 Å². The van der Waals surface area contributed by atoms with Crippen LogP contribution in [-0.4, -0.2) is 20.9 Å². The minimum atomic E-state index is 0.444. The molecule has 26 heavy (non-hydrogen) atoms. The van der Waals surface area contributed by atoms with E-state index in [2.05, 4.69) is 45.6 Å². The molecule has 0 saturated heterocycles. The Hall–Kier alpha value is -2.48. The van der Waals surface area contributed by atoms with E-state index in [1.165, 1.54) is 12.8 Å². The maximum Gasteiger partial charge on any atom is 0.180 e. The number of nitrogens with one attached hydrogen (secondary N) is 1. The van der Waals surface area contributed by atoms with E-state index in [1.54, 1.807) is 0 Å². The van der Waals surface area contributed by atoms with Crippen molar-refractivity contribution in [1.82, 2.24) is 15.2 Å². The zero-order valence-corrected chi connectivity index (χ0v) is 15.1. The molecule has 0 aromatic carbocycles. The van der Waals surface area contributed by atoms with Crippen LogP contribution in [0.4, 0.5) is 0 Å². The number of aromatic amines is 1. The number of hydrogen-bond donors (Lipinski definition) is 1. The molecular weight excluding hydrogens is 322 g/mol. The predicted octanol–water partition coefficient (Wildman–Crippen LogP) is 4.70. The average molecular weight is 347 g/mol. The Kier molecular flexibility index (Phi) is 5.10. The van der Waals surface area contributed by atoms with E-state index >= 15 is 0 Å². The van der Waals surface area contributed by atoms with Gasteiger partial charge in [0.05, 0.1) is 6.07 Å². The van der Waals surface area contributed by atoms with Gasteiger partial charge in [-0.15, -0.1) is 0 Å². The molecular formula is C21H25N5. The third kappa shape index (κ3) is 3.70. The molecule has 2 aliphatic carbocycles. The molecule has 5 heteroatoms. The lowest BCUT2D eigenvalue weighted by Gasteiger charge is -2.27. The third-order valence-corrected chi connectivity index (χ3v) is 5.79. The van der Waals surface area contributed by atoms with Crippen LogP contribution in [0.1, 0.15) is 68.9 Å². The van der Waals surface area contributed by atoms with Crippen LogP contribution in [-0.2, 0) is 0 Å². The van der Waals surface area contributed by atoms with E-state index < -0.39 is 0 Å². The first-order valence-corrected chi connectivity index (χ1v) is 9.75. The molecule has 5 nitrogen and oxygen atoms in total. The summed E-state index contributed by atoms with van der Waals surface area (Å²) in [6.07, 6.45) is 19.0. The molecule has 1 fully saturated rings. The summed E-state index contributed by atoms with van der Waals surface area (Å²) in [5.41, 5.74) is 2.22. The number of rotatable bonds is 4. The SMILES string of the molecule is N#CCCC1CCCC(c2nc(C3=CCCC4C=CN=C4C=C3)n[nH]2)C1. The van der Waals surface area contributed by atoms with Gasteiger partial charge in [0.2, 0.25) is 0 Å². The number of allylic oxidation sites excluding steroid dienone is 5. The van der Waals surface area contributed by atoms with Gasteiger partial charge in [-0.25, -0.2) is 4.98 Å². The van der Waals surface area contributed by atoms with Gasteiger partial charge < -0.3 is 0 Å². The molecule has 1 aromatic heterocycles. The lowest BCUT2D eigenvalue weighted by molar-refractivity contribution is 0.301. The first kappa shape index (κ1) is 17.0. The summed E-state index contributed by atoms with van der Waals surface area (Å²) < 4.78 is 0. The molecule has 1 aromatic rings. The quantitative estimate of drug-likeness (QED) is 0.857. The van der Waals surface area contributed by atoms with E-state index in [9.17, 15) is 0 Å². The largest absolute Gasteiger partial charge is 0.262 e. The lowest BCUT2D eigenvalue weighted by Crippen LogP contribution is -2.15. The van der Waals surface area contributed by atoms with Gasteiger partial charge in [-0.05, 0) is 50.2 Å². The summed E-state index contributed by atoms with van der Waals surface area (Å²) in [5.74, 6) is 3.35. The molecule has 2 heterocycles. The Labute approximate surface area is 154 Å². The van der Waals surface area contributed by atoms with Crippen LogP contribution in [0.25, 0.3) is 5.57 Å². The van der Waals surface area contributed by atoms with Crippen molar-refractivity contribution in [1.29, 1.82) is 5.26 Å². The number of nitriles is 1. The van der Waals surface area contributed by atoms with Gasteiger partial charge in [0, 0.05) is 35.7 Å². The molecule has 134 valence electrons. The van der Waals surface area contributed by atoms with Crippen molar-refractivity contribution in [3.8, 4) is 6.07 Å². The monoisotopic (exact) mass is 347 g/mol. The zero-order valence-electron chi connectivity index (χ0n) is 15.1. The van der Waals surface area contributed by atoms with Crippen molar-refractivity contribution in [3.63, 3.8) is 0 Å². The molecule has 0 spiro atoms. The van der Waals surface area contributed by atoms with Crippen molar-refractivity contribution < 1.29 is 0 Å². The normalized spacial score (nSPS) is 27.9. The molecule has 1 aliphatic heterocycles. The van der Waals surface area contributed by atoms with Crippen LogP contribution >= 0.6 is 0 Å². The van der Waals surface area contributed by atoms with Gasteiger partial charge in [0.25, 0.3) is 0 Å². The van der Waals surface area contributed by atoms with Crippen molar-refractivity contribution in [2.24, 2.45) is 16.8 Å². The summed E-state index contributed by atoms with van der Waals surface area (Å²) >= 11 is 0. The Bertz CT molecular complexity index is 805. The smallest absolute Gasteiger partial charge is 0.180 e. The fraction of sp³-hybridized carbons (Fsp3) is 0.524. The van der Waals surface area contributed by atoms with Crippen molar-refractivity contribution in [2.75, 3.05) is 0 Å². The zero-order chi connectivity index (χ0) is 17.8. The van der Waals surface area contributed by atoms with Crippen molar-refractivity contribution in [2.45, 2.75) is 57.3 Å². The Balaban J connectivity index is 1.46. The fourth-order valence-corrected chi connectivity index (χ4v) is 4.32. The molecule has 3 aliphatic rings. The molecule has 3 atom stereocenters. The molecule has 0 radical (unpaired) electrons. The van der Waals surface area contributed by atoms with Crippen LogP contribution in [0.5, 0.6) is 0 Å². The second-order valence-electron chi connectivity index (χ2n) is 7.54. The number of nitrogens with zero attached hydrogens (tertiary/aromatic N) is 4. The average Bonchev–Trinajstić information content (AvgIpc) is 3.30. The highest BCUT2D eigenvalue weighted by Gasteiger charge is 2.26. The Morgan fingerprint density at radius 3 is 3.12 bits per heavy atom. The highest BCUT2D eigenvalue weighted by Crippen LogP contribution is 2.37. The molecule has 0 bridgehead atoms. The number of H-pyrrole nitrogens is 1. The highest BCUT2D eigenvalue weighted by atomic mass is 15.2. The van der Waals surface area contributed by atoms with E-state index in [0.29, 0.717) is 24.2 Å². The predicted molar refractivity (Wildman–Crippen MR) is 102 cm³/mol. The van der Waals surface area contributed by atoms with Gasteiger partial charge in [-0.3, -0.25) is 10.1 Å². The van der Waals surface area contributed by atoms with Crippen LogP contribution in [0.3, 0.4) is 0 Å². The lowest BCUT2D eigenvalue weighted by atomic mass is 9.79. The topological polar surface area (TPSA) is 77.7 Å². The molecule has 0 amide bonds. The number of fused-ring (bicyclic) bond motifs is 1. The summed E-state index contributed by atoms with van der Waals surface area (Å²) in [6, 6.07) is 2.28. The van der Waals surface area contributed by atoms with E-state index in [0.717, 1.165) is 55.0 Å². The summed E-state index contributed by atoms with van der Waals surface area (Å²) in [6.45, 7) is 0. The van der Waals surface area contributed by atoms with Gasteiger partial charge in [-0.2, -0.15) is 10.4 Å². The van der Waals surface area contributed by atoms with Gasteiger partial charge in [-0.1, -0.05) is 25.0 Å². The first-order chi connectivity index (χ1) is 12.8. The van der Waals surface area contributed by atoms with Crippen LogP contribution < -0.4 is 0 Å². The fourth-order valence-electron chi connectivity index (χ4n) is 4.32. The number of aromatic nitrogens is 3. The molecule has 3 unspecified atom stereocenters. The third-order valence-electron chi connectivity index (χ3n) is 5.79. The van der Waals surface area contributed by atoms with Gasteiger partial charge >= 0.3 is 0 Å². The van der Waals surface area contributed by atoms with Crippen LogP contribution in [0.15, 0.2) is 35.5 Å². The van der Waals surface area contributed by atoms with E-state index in [1.807, 2.05) is 6.20 Å². The molecule has 1 N–H and O–H groups in total. The molecule has 1 saturated carbocycles. The maximum absolute atomic E-state index is 8.82. The minimum absolute atomic E-state index is 0.444. The first-order valence-electron chi connectivity index (χ1n) is 9.75. The Morgan fingerprint density at radius 1 is 1.23 bits per heavy atom. The van der Waals surface area contributed by atoms with E-state index in [4.69, 9.17) is 10.2 Å².